The zero-order valence-electron chi connectivity index (χ0n) is 15.1. The van der Waals surface area contributed by atoms with Crippen molar-refractivity contribution in [3.05, 3.63) is 70.6 Å². The van der Waals surface area contributed by atoms with E-state index in [0.717, 1.165) is 12.0 Å². The van der Waals surface area contributed by atoms with Crippen LogP contribution in [0, 0.1) is 6.92 Å². The van der Waals surface area contributed by atoms with E-state index in [9.17, 15) is 4.79 Å². The van der Waals surface area contributed by atoms with Gasteiger partial charge in [0.25, 0.3) is 0 Å². The van der Waals surface area contributed by atoms with E-state index < -0.39 is 0 Å². The van der Waals surface area contributed by atoms with Crippen molar-refractivity contribution in [2.45, 2.75) is 25.7 Å². The third kappa shape index (κ3) is 4.03. The Morgan fingerprint density at radius 1 is 1.22 bits per heavy atom. The Balaban J connectivity index is 1.41. The molecule has 2 heterocycles. The largest absolute Gasteiger partial charge is 0.342 e. The minimum absolute atomic E-state index is 0.0523. The fourth-order valence-corrected chi connectivity index (χ4v) is 3.53. The molecule has 2 aromatic carbocycles. The Morgan fingerprint density at radius 3 is 2.81 bits per heavy atom. The van der Waals surface area contributed by atoms with E-state index in [1.807, 2.05) is 17.0 Å². The molecule has 1 saturated heterocycles. The summed E-state index contributed by atoms with van der Waals surface area (Å²) in [4.78, 5) is 18.8. The molecule has 5 nitrogen and oxygen atoms in total. The molecule has 1 atom stereocenters. The smallest absolute Gasteiger partial charge is 0.232 e. The van der Waals surface area contributed by atoms with Gasteiger partial charge < -0.3 is 9.42 Å². The number of hydrogen-bond donors (Lipinski definition) is 0. The van der Waals surface area contributed by atoms with Gasteiger partial charge in [0.05, 0.1) is 5.92 Å². The number of nitrogens with zero attached hydrogens (tertiary/aromatic N) is 3. The van der Waals surface area contributed by atoms with E-state index in [1.165, 1.54) is 11.1 Å². The maximum Gasteiger partial charge on any atom is 0.232 e. The quantitative estimate of drug-likeness (QED) is 0.662. The molecule has 1 amide bonds. The highest BCUT2D eigenvalue weighted by Gasteiger charge is 2.34. The lowest BCUT2D eigenvalue weighted by atomic mass is 10.1. The molecule has 0 spiro atoms. The van der Waals surface area contributed by atoms with Gasteiger partial charge in [-0.25, -0.2) is 0 Å². The fraction of sp³-hybridized carbons (Fsp3) is 0.286. The highest BCUT2D eigenvalue weighted by atomic mass is 35.5. The summed E-state index contributed by atoms with van der Waals surface area (Å²) in [5.74, 6) is 1.13. The molecule has 0 aliphatic carbocycles. The number of rotatable bonds is 5. The van der Waals surface area contributed by atoms with Gasteiger partial charge >= 0.3 is 0 Å². The third-order valence-corrected chi connectivity index (χ3v) is 5.11. The molecule has 6 heteroatoms. The number of likely N-dealkylation sites (tertiary alicyclic amines) is 1. The number of halogens is 1. The average Bonchev–Trinajstić information content (AvgIpc) is 3.28. The van der Waals surface area contributed by atoms with Crippen LogP contribution in [0.15, 0.2) is 53.1 Å². The SMILES string of the molecule is Cc1cccc(CCN2CC(c3nc(-c4ccc(Cl)cc4)no3)CC2=O)c1. The van der Waals surface area contributed by atoms with Crippen LogP contribution in [0.5, 0.6) is 0 Å². The summed E-state index contributed by atoms with van der Waals surface area (Å²) in [5.41, 5.74) is 3.32. The van der Waals surface area contributed by atoms with E-state index >= 15 is 0 Å². The molecule has 138 valence electrons. The molecular weight excluding hydrogens is 362 g/mol. The van der Waals surface area contributed by atoms with Crippen LogP contribution in [-0.2, 0) is 11.2 Å². The molecule has 4 rings (SSSR count). The highest BCUT2D eigenvalue weighted by molar-refractivity contribution is 6.30. The summed E-state index contributed by atoms with van der Waals surface area (Å²) in [7, 11) is 0. The molecule has 0 bridgehead atoms. The van der Waals surface area contributed by atoms with Crippen molar-refractivity contribution in [1.29, 1.82) is 0 Å². The van der Waals surface area contributed by atoms with E-state index in [0.29, 0.717) is 36.2 Å². The van der Waals surface area contributed by atoms with E-state index in [2.05, 4.69) is 41.3 Å². The van der Waals surface area contributed by atoms with Crippen LogP contribution in [0.4, 0.5) is 0 Å². The van der Waals surface area contributed by atoms with Crippen molar-refractivity contribution >= 4 is 17.5 Å². The first-order chi connectivity index (χ1) is 13.1. The van der Waals surface area contributed by atoms with Crippen molar-refractivity contribution < 1.29 is 9.32 Å². The number of carbonyl (C=O) groups excluding carboxylic acids is 1. The lowest BCUT2D eigenvalue weighted by molar-refractivity contribution is -0.127. The Bertz CT molecular complexity index is 952. The summed E-state index contributed by atoms with van der Waals surface area (Å²) in [6.07, 6.45) is 1.26. The summed E-state index contributed by atoms with van der Waals surface area (Å²) in [5, 5.41) is 4.72. The van der Waals surface area contributed by atoms with Crippen LogP contribution < -0.4 is 0 Å². The Morgan fingerprint density at radius 2 is 2.04 bits per heavy atom. The zero-order chi connectivity index (χ0) is 18.8. The topological polar surface area (TPSA) is 59.2 Å². The minimum atomic E-state index is -0.0523. The Hall–Kier alpha value is -2.66. The molecule has 1 aromatic heterocycles. The number of hydrogen-bond acceptors (Lipinski definition) is 4. The van der Waals surface area contributed by atoms with Crippen LogP contribution >= 0.6 is 11.6 Å². The minimum Gasteiger partial charge on any atom is -0.342 e. The molecule has 27 heavy (non-hydrogen) atoms. The number of amides is 1. The second-order valence-electron chi connectivity index (χ2n) is 6.94. The molecular formula is C21H20ClN3O2. The Kier molecular flexibility index (Phi) is 4.94. The van der Waals surface area contributed by atoms with Gasteiger partial charge in [-0.05, 0) is 43.2 Å². The maximum absolute atomic E-state index is 12.4. The number of carbonyl (C=O) groups is 1. The summed E-state index contributed by atoms with van der Waals surface area (Å²) in [6, 6.07) is 15.7. The summed E-state index contributed by atoms with van der Waals surface area (Å²) < 4.78 is 5.44. The van der Waals surface area contributed by atoms with Gasteiger partial charge in [0.1, 0.15) is 0 Å². The molecule has 3 aromatic rings. The molecule has 0 N–H and O–H groups in total. The van der Waals surface area contributed by atoms with Crippen LogP contribution in [0.25, 0.3) is 11.4 Å². The van der Waals surface area contributed by atoms with Crippen LogP contribution in [0.3, 0.4) is 0 Å². The average molecular weight is 382 g/mol. The third-order valence-electron chi connectivity index (χ3n) is 4.86. The summed E-state index contributed by atoms with van der Waals surface area (Å²) >= 11 is 5.92. The first kappa shape index (κ1) is 17.7. The molecule has 0 radical (unpaired) electrons. The van der Waals surface area contributed by atoms with E-state index in [4.69, 9.17) is 16.1 Å². The van der Waals surface area contributed by atoms with Gasteiger partial charge in [-0.1, -0.05) is 46.6 Å². The van der Waals surface area contributed by atoms with E-state index in [-0.39, 0.29) is 11.8 Å². The maximum atomic E-state index is 12.4. The van der Waals surface area contributed by atoms with Crippen molar-refractivity contribution in [2.24, 2.45) is 0 Å². The fourth-order valence-electron chi connectivity index (χ4n) is 3.40. The first-order valence-corrected chi connectivity index (χ1v) is 9.39. The van der Waals surface area contributed by atoms with Crippen LogP contribution in [-0.4, -0.2) is 34.0 Å². The first-order valence-electron chi connectivity index (χ1n) is 9.01. The van der Waals surface area contributed by atoms with Gasteiger partial charge in [0, 0.05) is 30.1 Å². The lowest BCUT2D eigenvalue weighted by Gasteiger charge is -2.16. The molecule has 1 aliphatic rings. The van der Waals surface area contributed by atoms with E-state index in [1.54, 1.807) is 12.1 Å². The number of aromatic nitrogens is 2. The van der Waals surface area contributed by atoms with Crippen molar-refractivity contribution in [3.63, 3.8) is 0 Å². The van der Waals surface area contributed by atoms with Gasteiger partial charge in [-0.2, -0.15) is 4.98 Å². The van der Waals surface area contributed by atoms with Crippen molar-refractivity contribution in [2.75, 3.05) is 13.1 Å². The van der Waals surface area contributed by atoms with Crippen LogP contribution in [0.2, 0.25) is 5.02 Å². The second kappa shape index (κ2) is 7.53. The van der Waals surface area contributed by atoms with Gasteiger partial charge in [-0.3, -0.25) is 4.79 Å². The van der Waals surface area contributed by atoms with Gasteiger partial charge in [0.15, 0.2) is 0 Å². The van der Waals surface area contributed by atoms with Crippen LogP contribution in [0.1, 0.15) is 29.4 Å². The second-order valence-corrected chi connectivity index (χ2v) is 7.38. The van der Waals surface area contributed by atoms with Crippen molar-refractivity contribution in [1.82, 2.24) is 15.0 Å². The van der Waals surface area contributed by atoms with Crippen molar-refractivity contribution in [3.8, 4) is 11.4 Å². The molecule has 1 aliphatic heterocycles. The zero-order valence-corrected chi connectivity index (χ0v) is 15.8. The molecule has 1 unspecified atom stereocenters. The highest BCUT2D eigenvalue weighted by Crippen LogP contribution is 2.29. The number of aryl methyl sites for hydroxylation is 1. The monoisotopic (exact) mass is 381 g/mol. The summed E-state index contributed by atoms with van der Waals surface area (Å²) in [6.45, 7) is 3.40. The van der Waals surface area contributed by atoms with Gasteiger partial charge in [0.2, 0.25) is 17.6 Å². The lowest BCUT2D eigenvalue weighted by Crippen LogP contribution is -2.27. The number of benzene rings is 2. The van der Waals surface area contributed by atoms with Gasteiger partial charge in [-0.15, -0.1) is 0 Å². The molecule has 1 fully saturated rings. The standard InChI is InChI=1S/C21H20ClN3O2/c1-14-3-2-4-15(11-14)9-10-25-13-17(12-19(25)26)21-23-20(24-27-21)16-5-7-18(22)8-6-16/h2-8,11,17H,9-10,12-13H2,1H3. The Labute approximate surface area is 163 Å². The molecule has 0 saturated carbocycles. The predicted molar refractivity (Wildman–Crippen MR) is 104 cm³/mol. The normalized spacial score (nSPS) is 16.9. The predicted octanol–water partition coefficient (Wildman–Crippen LogP) is 4.26.